The molecule has 1 fully saturated rings. The molecule has 2 aromatic carbocycles. The second-order valence-electron chi connectivity index (χ2n) is 7.08. The second-order valence-corrected chi connectivity index (χ2v) is 7.49. The minimum absolute atomic E-state index is 0.270. The van der Waals surface area contributed by atoms with E-state index in [1.807, 2.05) is 24.3 Å². The van der Waals surface area contributed by atoms with Crippen molar-refractivity contribution in [3.8, 4) is 5.75 Å². The van der Waals surface area contributed by atoms with E-state index in [1.54, 1.807) is 18.2 Å². The molecular formula is C21H23ClN2O3. The van der Waals surface area contributed by atoms with Crippen molar-refractivity contribution < 1.29 is 14.3 Å². The maximum absolute atomic E-state index is 12.9. The summed E-state index contributed by atoms with van der Waals surface area (Å²) in [6.45, 7) is 4.13. The Bertz CT molecular complexity index is 875. The summed E-state index contributed by atoms with van der Waals surface area (Å²) in [5.74, 6) is 0.210. The number of hydrogen-bond acceptors (Lipinski definition) is 3. The van der Waals surface area contributed by atoms with E-state index in [1.165, 1.54) is 7.11 Å². The summed E-state index contributed by atoms with van der Waals surface area (Å²) in [6.07, 6.45) is 1.05. The molecule has 0 aliphatic heterocycles. The number of methoxy groups -OCH3 is 1. The van der Waals surface area contributed by atoms with Gasteiger partial charge in [-0.1, -0.05) is 43.6 Å². The first-order valence-corrected chi connectivity index (χ1v) is 9.30. The van der Waals surface area contributed by atoms with Crippen LogP contribution < -0.4 is 15.4 Å². The Hall–Kier alpha value is -2.53. The molecule has 5 nitrogen and oxygen atoms in total. The minimum Gasteiger partial charge on any atom is -0.495 e. The van der Waals surface area contributed by atoms with E-state index in [-0.39, 0.29) is 17.7 Å². The van der Waals surface area contributed by atoms with Gasteiger partial charge in [0.25, 0.3) is 0 Å². The third kappa shape index (κ3) is 3.93. The zero-order valence-corrected chi connectivity index (χ0v) is 16.4. The van der Waals surface area contributed by atoms with E-state index in [2.05, 4.69) is 24.5 Å². The van der Waals surface area contributed by atoms with Gasteiger partial charge in [0.05, 0.1) is 12.1 Å². The van der Waals surface area contributed by atoms with Crippen LogP contribution in [0.4, 0.5) is 11.4 Å². The molecule has 1 saturated carbocycles. The molecule has 6 heteroatoms. The summed E-state index contributed by atoms with van der Waals surface area (Å²) in [5, 5.41) is 6.14. The van der Waals surface area contributed by atoms with Crippen LogP contribution in [0.1, 0.15) is 38.2 Å². The second kappa shape index (κ2) is 7.61. The minimum atomic E-state index is -1.03. The van der Waals surface area contributed by atoms with E-state index >= 15 is 0 Å². The van der Waals surface area contributed by atoms with Crippen LogP contribution in [0.15, 0.2) is 42.5 Å². The van der Waals surface area contributed by atoms with Crippen LogP contribution in [0.2, 0.25) is 5.02 Å². The van der Waals surface area contributed by atoms with Crippen LogP contribution in [0.5, 0.6) is 5.75 Å². The monoisotopic (exact) mass is 386 g/mol. The summed E-state index contributed by atoms with van der Waals surface area (Å²) >= 11 is 6.10. The highest BCUT2D eigenvalue weighted by Gasteiger charge is 2.56. The molecule has 3 rings (SSSR count). The standard InChI is InChI=1S/C21H23ClN2O3/c1-13(2)15-6-4-5-7-17(15)24-20(26)21(10-11-21)19(25)23-14-8-9-18(27-3)16(22)12-14/h4-9,12-13H,10-11H2,1-3H3,(H,23,25)(H,24,26). The van der Waals surface area contributed by atoms with E-state index in [0.717, 1.165) is 11.3 Å². The third-order valence-electron chi connectivity index (χ3n) is 4.86. The average Bonchev–Trinajstić information content (AvgIpc) is 3.44. The zero-order valence-electron chi connectivity index (χ0n) is 15.6. The molecule has 27 heavy (non-hydrogen) atoms. The van der Waals surface area contributed by atoms with Gasteiger partial charge in [0.2, 0.25) is 11.8 Å². The summed E-state index contributed by atoms with van der Waals surface area (Å²) < 4.78 is 5.11. The predicted molar refractivity (Wildman–Crippen MR) is 107 cm³/mol. The Morgan fingerprint density at radius 2 is 1.74 bits per heavy atom. The fourth-order valence-electron chi connectivity index (χ4n) is 3.03. The molecule has 142 valence electrons. The molecule has 2 aromatic rings. The Balaban J connectivity index is 1.74. The molecule has 0 spiro atoms. The number of benzene rings is 2. The summed E-state index contributed by atoms with van der Waals surface area (Å²) in [7, 11) is 1.53. The highest BCUT2D eigenvalue weighted by molar-refractivity contribution is 6.32. The van der Waals surface area contributed by atoms with Gasteiger partial charge in [-0.2, -0.15) is 0 Å². The summed E-state index contributed by atoms with van der Waals surface area (Å²) in [6, 6.07) is 12.7. The maximum Gasteiger partial charge on any atom is 0.240 e. The SMILES string of the molecule is COc1ccc(NC(=O)C2(C(=O)Nc3ccccc3C(C)C)CC2)cc1Cl. The number of amides is 2. The average molecular weight is 387 g/mol. The van der Waals surface area contributed by atoms with E-state index in [0.29, 0.717) is 29.3 Å². The number of para-hydroxylation sites is 1. The quantitative estimate of drug-likeness (QED) is 0.699. The molecule has 0 atom stereocenters. The first-order chi connectivity index (χ1) is 12.9. The van der Waals surface area contributed by atoms with Gasteiger partial charge in [-0.25, -0.2) is 0 Å². The van der Waals surface area contributed by atoms with Crippen molar-refractivity contribution in [3.05, 3.63) is 53.1 Å². The lowest BCUT2D eigenvalue weighted by Gasteiger charge is -2.18. The van der Waals surface area contributed by atoms with Gasteiger partial charge in [0.1, 0.15) is 11.2 Å². The molecule has 2 N–H and O–H groups in total. The molecule has 0 heterocycles. The molecule has 0 radical (unpaired) electrons. The van der Waals surface area contributed by atoms with E-state index in [4.69, 9.17) is 16.3 Å². The number of carbonyl (C=O) groups is 2. The Morgan fingerprint density at radius 1 is 1.07 bits per heavy atom. The van der Waals surface area contributed by atoms with Gasteiger partial charge in [-0.15, -0.1) is 0 Å². The van der Waals surface area contributed by atoms with Gasteiger partial charge in [0, 0.05) is 11.4 Å². The molecule has 0 unspecified atom stereocenters. The number of hydrogen-bond donors (Lipinski definition) is 2. The van der Waals surface area contributed by atoms with Crippen molar-refractivity contribution in [3.63, 3.8) is 0 Å². The number of rotatable bonds is 6. The van der Waals surface area contributed by atoms with Crippen LogP contribution in [0.25, 0.3) is 0 Å². The van der Waals surface area contributed by atoms with Gasteiger partial charge < -0.3 is 15.4 Å². The molecule has 0 saturated heterocycles. The van der Waals surface area contributed by atoms with Crippen LogP contribution in [0, 0.1) is 5.41 Å². The lowest BCUT2D eigenvalue weighted by Crippen LogP contribution is -2.35. The first kappa shape index (κ1) is 19.2. The lowest BCUT2D eigenvalue weighted by molar-refractivity contribution is -0.131. The number of carbonyl (C=O) groups excluding carboxylic acids is 2. The molecule has 0 aromatic heterocycles. The fraction of sp³-hybridized carbons (Fsp3) is 0.333. The molecular weight excluding hydrogens is 364 g/mol. The highest BCUT2D eigenvalue weighted by atomic mass is 35.5. The molecule has 1 aliphatic carbocycles. The highest BCUT2D eigenvalue weighted by Crippen LogP contribution is 2.48. The van der Waals surface area contributed by atoms with Gasteiger partial charge >= 0.3 is 0 Å². The van der Waals surface area contributed by atoms with Crippen LogP contribution in [-0.2, 0) is 9.59 Å². The van der Waals surface area contributed by atoms with Crippen molar-refractivity contribution >= 4 is 34.8 Å². The van der Waals surface area contributed by atoms with Gasteiger partial charge in [-0.05, 0) is 48.6 Å². The van der Waals surface area contributed by atoms with Crippen molar-refractivity contribution in [2.45, 2.75) is 32.6 Å². The fourth-order valence-corrected chi connectivity index (χ4v) is 3.29. The van der Waals surface area contributed by atoms with Crippen molar-refractivity contribution in [2.75, 3.05) is 17.7 Å². The molecule has 1 aliphatic rings. The van der Waals surface area contributed by atoms with Crippen LogP contribution in [-0.4, -0.2) is 18.9 Å². The van der Waals surface area contributed by atoms with Gasteiger partial charge in [0.15, 0.2) is 0 Å². The smallest absolute Gasteiger partial charge is 0.240 e. The Kier molecular flexibility index (Phi) is 5.42. The largest absolute Gasteiger partial charge is 0.495 e. The summed E-state index contributed by atoms with van der Waals surface area (Å²) in [5.41, 5.74) is 1.30. The topological polar surface area (TPSA) is 67.4 Å². The zero-order chi connectivity index (χ0) is 19.6. The molecule has 0 bridgehead atoms. The number of halogens is 1. The van der Waals surface area contributed by atoms with Crippen molar-refractivity contribution in [1.29, 1.82) is 0 Å². The molecule has 2 amide bonds. The lowest BCUT2D eigenvalue weighted by atomic mass is 9.99. The normalized spacial score (nSPS) is 14.6. The van der Waals surface area contributed by atoms with Gasteiger partial charge in [-0.3, -0.25) is 9.59 Å². The maximum atomic E-state index is 12.9. The third-order valence-corrected chi connectivity index (χ3v) is 5.16. The number of anilines is 2. The van der Waals surface area contributed by atoms with Crippen molar-refractivity contribution in [2.24, 2.45) is 5.41 Å². The van der Waals surface area contributed by atoms with Crippen LogP contribution >= 0.6 is 11.6 Å². The Labute approximate surface area is 164 Å². The number of ether oxygens (including phenoxy) is 1. The predicted octanol–water partition coefficient (Wildman–Crippen LogP) is 4.83. The number of nitrogens with one attached hydrogen (secondary N) is 2. The van der Waals surface area contributed by atoms with Crippen molar-refractivity contribution in [1.82, 2.24) is 0 Å². The van der Waals surface area contributed by atoms with E-state index < -0.39 is 5.41 Å². The van der Waals surface area contributed by atoms with Crippen LogP contribution in [0.3, 0.4) is 0 Å². The van der Waals surface area contributed by atoms with E-state index in [9.17, 15) is 9.59 Å². The summed E-state index contributed by atoms with van der Waals surface area (Å²) in [4.78, 5) is 25.6. The Morgan fingerprint density at radius 3 is 2.33 bits per heavy atom. The first-order valence-electron chi connectivity index (χ1n) is 8.93.